The molecule has 0 bridgehead atoms. The van der Waals surface area contributed by atoms with Crippen LogP contribution in [-0.4, -0.2) is 23.9 Å². The van der Waals surface area contributed by atoms with Gasteiger partial charge in [0, 0.05) is 23.7 Å². The molecule has 0 aromatic heterocycles. The van der Waals surface area contributed by atoms with E-state index in [9.17, 15) is 4.79 Å². The second kappa shape index (κ2) is 11.2. The van der Waals surface area contributed by atoms with Gasteiger partial charge in [-0.3, -0.25) is 9.69 Å². The van der Waals surface area contributed by atoms with Crippen LogP contribution in [0.25, 0.3) is 0 Å². The Balaban J connectivity index is 1.35. The van der Waals surface area contributed by atoms with Gasteiger partial charge in [0.25, 0.3) is 5.91 Å². The van der Waals surface area contributed by atoms with Crippen LogP contribution in [0.4, 0.5) is 0 Å². The maximum Gasteiger partial charge on any atom is 0.252 e. The largest absolute Gasteiger partial charge is 0.348 e. The van der Waals surface area contributed by atoms with E-state index in [2.05, 4.69) is 46.6 Å². The first kappa shape index (κ1) is 21.7. The van der Waals surface area contributed by atoms with E-state index in [1.165, 1.54) is 43.5 Å². The van der Waals surface area contributed by atoms with Gasteiger partial charge in [-0.15, -0.1) is 11.8 Å². The molecule has 0 saturated carbocycles. The first-order valence-corrected chi connectivity index (χ1v) is 12.1. The number of rotatable bonds is 8. The summed E-state index contributed by atoms with van der Waals surface area (Å²) >= 11 is 1.71. The van der Waals surface area contributed by atoms with Crippen molar-refractivity contribution in [2.75, 3.05) is 13.1 Å². The zero-order valence-corrected chi connectivity index (χ0v) is 18.7. The highest BCUT2D eigenvalue weighted by Crippen LogP contribution is 2.26. The quantitative estimate of drug-likeness (QED) is 0.452. The summed E-state index contributed by atoms with van der Waals surface area (Å²) in [5.41, 5.74) is 4.48. The van der Waals surface area contributed by atoms with Crippen molar-refractivity contribution in [2.24, 2.45) is 0 Å². The molecule has 3 aromatic carbocycles. The predicted octanol–water partition coefficient (Wildman–Crippen LogP) is 5.89. The van der Waals surface area contributed by atoms with Gasteiger partial charge in [-0.2, -0.15) is 0 Å². The molecule has 0 aliphatic carbocycles. The third-order valence-corrected chi connectivity index (χ3v) is 6.81. The number of carbonyl (C=O) groups excluding carboxylic acids is 1. The number of nitrogens with one attached hydrogen (secondary N) is 1. The smallest absolute Gasteiger partial charge is 0.252 e. The van der Waals surface area contributed by atoms with Gasteiger partial charge in [0.05, 0.1) is 5.56 Å². The monoisotopic (exact) mass is 430 g/mol. The minimum Gasteiger partial charge on any atom is -0.348 e. The minimum absolute atomic E-state index is 0.0161. The van der Waals surface area contributed by atoms with Gasteiger partial charge in [-0.25, -0.2) is 0 Å². The molecule has 1 aliphatic rings. The van der Waals surface area contributed by atoms with Gasteiger partial charge >= 0.3 is 0 Å². The van der Waals surface area contributed by atoms with Crippen LogP contribution in [0.5, 0.6) is 0 Å². The topological polar surface area (TPSA) is 32.3 Å². The van der Waals surface area contributed by atoms with E-state index in [0.717, 1.165) is 28.3 Å². The number of amides is 1. The molecule has 1 aliphatic heterocycles. The molecule has 0 atom stereocenters. The van der Waals surface area contributed by atoms with Gasteiger partial charge in [0.2, 0.25) is 0 Å². The molecule has 1 N–H and O–H groups in total. The van der Waals surface area contributed by atoms with Crippen molar-refractivity contribution in [1.82, 2.24) is 10.2 Å². The lowest BCUT2D eigenvalue weighted by Gasteiger charge is -2.26. The van der Waals surface area contributed by atoms with Crippen molar-refractivity contribution in [3.05, 3.63) is 101 Å². The molecule has 3 aromatic rings. The Morgan fingerprint density at radius 2 is 1.52 bits per heavy atom. The van der Waals surface area contributed by atoms with Gasteiger partial charge in [-0.1, -0.05) is 73.2 Å². The zero-order valence-electron chi connectivity index (χ0n) is 17.9. The lowest BCUT2D eigenvalue weighted by Crippen LogP contribution is -2.29. The maximum atomic E-state index is 12.9. The number of thioether (sulfide) groups is 1. The number of carbonyl (C=O) groups is 1. The van der Waals surface area contributed by atoms with Gasteiger partial charge in [0.1, 0.15) is 0 Å². The molecule has 1 saturated heterocycles. The van der Waals surface area contributed by atoms with E-state index in [-0.39, 0.29) is 5.91 Å². The van der Waals surface area contributed by atoms with Gasteiger partial charge < -0.3 is 5.32 Å². The Bertz CT molecular complexity index is 983. The summed E-state index contributed by atoms with van der Waals surface area (Å²) in [6, 6.07) is 26.8. The molecule has 1 heterocycles. The van der Waals surface area contributed by atoms with Gasteiger partial charge in [0.15, 0.2) is 0 Å². The summed E-state index contributed by atoms with van der Waals surface area (Å²) in [4.78, 5) is 16.5. The Morgan fingerprint density at radius 3 is 2.35 bits per heavy atom. The third kappa shape index (κ3) is 6.46. The third-order valence-electron chi connectivity index (χ3n) is 5.67. The molecule has 160 valence electrons. The zero-order chi connectivity index (χ0) is 21.3. The molecule has 0 spiro atoms. The summed E-state index contributed by atoms with van der Waals surface area (Å²) < 4.78 is 0. The number of benzene rings is 3. The first-order valence-electron chi connectivity index (χ1n) is 11.1. The van der Waals surface area contributed by atoms with E-state index in [0.29, 0.717) is 6.54 Å². The van der Waals surface area contributed by atoms with E-state index in [1.807, 2.05) is 42.5 Å². The first-order chi connectivity index (χ1) is 15.3. The van der Waals surface area contributed by atoms with Crippen LogP contribution in [0.3, 0.4) is 0 Å². The van der Waals surface area contributed by atoms with E-state index in [1.54, 1.807) is 11.8 Å². The van der Waals surface area contributed by atoms with Crippen molar-refractivity contribution in [2.45, 2.75) is 43.0 Å². The summed E-state index contributed by atoms with van der Waals surface area (Å²) in [5.74, 6) is 0.835. The average molecular weight is 431 g/mol. The summed E-state index contributed by atoms with van der Waals surface area (Å²) in [5, 5.41) is 3.12. The minimum atomic E-state index is -0.0161. The van der Waals surface area contributed by atoms with E-state index >= 15 is 0 Å². The van der Waals surface area contributed by atoms with Crippen molar-refractivity contribution in [3.63, 3.8) is 0 Å². The van der Waals surface area contributed by atoms with Crippen molar-refractivity contribution >= 4 is 17.7 Å². The lowest BCUT2D eigenvalue weighted by molar-refractivity contribution is 0.0948. The number of piperidine rings is 1. The van der Waals surface area contributed by atoms with Crippen molar-refractivity contribution in [1.29, 1.82) is 0 Å². The summed E-state index contributed by atoms with van der Waals surface area (Å²) in [7, 11) is 0. The maximum absolute atomic E-state index is 12.9. The number of hydrogen-bond donors (Lipinski definition) is 1. The van der Waals surface area contributed by atoms with Crippen molar-refractivity contribution < 1.29 is 4.79 Å². The average Bonchev–Trinajstić information content (AvgIpc) is 2.83. The lowest BCUT2D eigenvalue weighted by atomic mass is 10.1. The fraction of sp³-hybridized carbons (Fsp3) is 0.296. The Morgan fingerprint density at radius 1 is 0.806 bits per heavy atom. The molecule has 4 rings (SSSR count). The Labute approximate surface area is 189 Å². The van der Waals surface area contributed by atoms with Crippen LogP contribution >= 0.6 is 11.8 Å². The number of likely N-dealkylation sites (tertiary alicyclic amines) is 1. The predicted molar refractivity (Wildman–Crippen MR) is 129 cm³/mol. The highest BCUT2D eigenvalue weighted by Gasteiger charge is 2.13. The van der Waals surface area contributed by atoms with E-state index in [4.69, 9.17) is 0 Å². The second-order valence-electron chi connectivity index (χ2n) is 8.11. The van der Waals surface area contributed by atoms with Crippen LogP contribution in [0.1, 0.15) is 46.3 Å². The molecular formula is C27H30N2OS. The fourth-order valence-electron chi connectivity index (χ4n) is 4.01. The van der Waals surface area contributed by atoms with Crippen LogP contribution in [-0.2, 0) is 18.8 Å². The van der Waals surface area contributed by atoms with Crippen LogP contribution in [0.2, 0.25) is 0 Å². The molecule has 3 nitrogen and oxygen atoms in total. The molecule has 0 radical (unpaired) electrons. The molecule has 1 amide bonds. The molecule has 1 fully saturated rings. The number of nitrogens with zero attached hydrogens (tertiary/aromatic N) is 1. The summed E-state index contributed by atoms with van der Waals surface area (Å²) in [6.07, 6.45) is 3.96. The highest BCUT2D eigenvalue weighted by atomic mass is 32.2. The Kier molecular flexibility index (Phi) is 7.81. The normalized spacial score (nSPS) is 14.3. The molecular weight excluding hydrogens is 400 g/mol. The highest BCUT2D eigenvalue weighted by molar-refractivity contribution is 7.98. The SMILES string of the molecule is O=C(NCc1cccc(CN2CCCCC2)c1)c1ccccc1SCc1ccccc1. The summed E-state index contributed by atoms with van der Waals surface area (Å²) in [6.45, 7) is 3.93. The molecule has 4 heteroatoms. The van der Waals surface area contributed by atoms with E-state index < -0.39 is 0 Å². The van der Waals surface area contributed by atoms with Crippen LogP contribution in [0, 0.1) is 0 Å². The Hall–Kier alpha value is -2.56. The van der Waals surface area contributed by atoms with Crippen molar-refractivity contribution in [3.8, 4) is 0 Å². The molecule has 0 unspecified atom stereocenters. The fourth-order valence-corrected chi connectivity index (χ4v) is 5.01. The van der Waals surface area contributed by atoms with Gasteiger partial charge in [-0.05, 0) is 54.8 Å². The standard InChI is InChI=1S/C27H30N2OS/c30-27(25-14-5-6-15-26(25)31-21-22-10-3-1-4-11-22)28-19-23-12-9-13-24(18-23)20-29-16-7-2-8-17-29/h1,3-6,9-15,18H,2,7-8,16-17,19-21H2,(H,28,30). The second-order valence-corrected chi connectivity index (χ2v) is 9.13. The van der Waals surface area contributed by atoms with Crippen LogP contribution < -0.4 is 5.32 Å². The molecule has 31 heavy (non-hydrogen) atoms. The van der Waals surface area contributed by atoms with Crippen LogP contribution in [0.15, 0.2) is 83.8 Å². The number of hydrogen-bond acceptors (Lipinski definition) is 3.